The molecule has 3 aromatic rings. The number of amides is 1. The number of benzene rings is 2. The van der Waals surface area contributed by atoms with Crippen LogP contribution in [0.1, 0.15) is 42.6 Å². The predicted molar refractivity (Wildman–Crippen MR) is 111 cm³/mol. The van der Waals surface area contributed by atoms with E-state index in [-0.39, 0.29) is 5.91 Å². The Kier molecular flexibility index (Phi) is 6.22. The first-order valence-electron chi connectivity index (χ1n) is 9.29. The Hall–Kier alpha value is -3.41. The summed E-state index contributed by atoms with van der Waals surface area (Å²) in [4.78, 5) is 21.0. The molecule has 1 aromatic heterocycles. The van der Waals surface area contributed by atoms with Crippen molar-refractivity contribution in [2.75, 3.05) is 17.2 Å². The van der Waals surface area contributed by atoms with E-state index in [0.717, 1.165) is 5.69 Å². The van der Waals surface area contributed by atoms with E-state index in [1.54, 1.807) is 6.07 Å². The number of carbonyl (C=O) groups excluding carboxylic acids is 1. The first kappa shape index (κ1) is 19.4. The molecule has 2 N–H and O–H groups in total. The number of ether oxygens (including phenoxy) is 1. The molecule has 0 unspecified atom stereocenters. The molecule has 0 fully saturated rings. The molecule has 6 heteroatoms. The molecule has 1 heterocycles. The van der Waals surface area contributed by atoms with Gasteiger partial charge in [-0.2, -0.15) is 0 Å². The van der Waals surface area contributed by atoms with E-state index >= 15 is 0 Å². The lowest BCUT2D eigenvalue weighted by molar-refractivity contribution is 0.102. The predicted octanol–water partition coefficient (Wildman–Crippen LogP) is 4.99. The van der Waals surface area contributed by atoms with Crippen LogP contribution < -0.4 is 15.4 Å². The van der Waals surface area contributed by atoms with Gasteiger partial charge >= 0.3 is 0 Å². The fourth-order valence-electron chi connectivity index (χ4n) is 2.64. The monoisotopic (exact) mass is 376 g/mol. The van der Waals surface area contributed by atoms with Crippen molar-refractivity contribution in [3.8, 4) is 5.75 Å². The minimum atomic E-state index is -0.292. The van der Waals surface area contributed by atoms with Crippen LogP contribution in [-0.2, 0) is 0 Å². The van der Waals surface area contributed by atoms with Gasteiger partial charge in [0, 0.05) is 18.1 Å². The standard InChI is InChI=1S/C22H24N4O2/c1-4-28-20-8-6-5-7-19(20)26-21(27)17-13-23-22(24-14-17)25-18-11-9-16(10-12-18)15(2)3/h5-15H,4H2,1-3H3,(H,26,27)(H,23,24,25). The Morgan fingerprint density at radius 3 is 2.36 bits per heavy atom. The summed E-state index contributed by atoms with van der Waals surface area (Å²) in [6, 6.07) is 15.4. The average molecular weight is 376 g/mol. The smallest absolute Gasteiger partial charge is 0.258 e. The van der Waals surface area contributed by atoms with Crippen molar-refractivity contribution in [1.82, 2.24) is 9.97 Å². The summed E-state index contributed by atoms with van der Waals surface area (Å²) >= 11 is 0. The van der Waals surface area contributed by atoms with Gasteiger partial charge in [0.25, 0.3) is 5.91 Å². The van der Waals surface area contributed by atoms with E-state index in [0.29, 0.717) is 35.5 Å². The van der Waals surface area contributed by atoms with Crippen molar-refractivity contribution in [2.24, 2.45) is 0 Å². The van der Waals surface area contributed by atoms with Crippen molar-refractivity contribution in [2.45, 2.75) is 26.7 Å². The molecular formula is C22H24N4O2. The second-order valence-corrected chi connectivity index (χ2v) is 6.58. The third-order valence-electron chi connectivity index (χ3n) is 4.18. The van der Waals surface area contributed by atoms with Crippen molar-refractivity contribution >= 4 is 23.2 Å². The van der Waals surface area contributed by atoms with E-state index in [1.165, 1.54) is 18.0 Å². The Balaban J connectivity index is 1.66. The van der Waals surface area contributed by atoms with Gasteiger partial charge in [0.1, 0.15) is 5.75 Å². The maximum Gasteiger partial charge on any atom is 0.258 e. The first-order valence-corrected chi connectivity index (χ1v) is 9.29. The lowest BCUT2D eigenvalue weighted by Gasteiger charge is -2.11. The van der Waals surface area contributed by atoms with Crippen LogP contribution in [0.5, 0.6) is 5.75 Å². The van der Waals surface area contributed by atoms with Crippen molar-refractivity contribution in [3.05, 3.63) is 72.1 Å². The fourth-order valence-corrected chi connectivity index (χ4v) is 2.64. The fraction of sp³-hybridized carbons (Fsp3) is 0.227. The number of nitrogens with one attached hydrogen (secondary N) is 2. The lowest BCUT2D eigenvalue weighted by atomic mass is 10.0. The zero-order valence-corrected chi connectivity index (χ0v) is 16.3. The van der Waals surface area contributed by atoms with E-state index in [1.807, 2.05) is 37.3 Å². The van der Waals surface area contributed by atoms with Gasteiger partial charge in [-0.1, -0.05) is 38.1 Å². The minimum Gasteiger partial charge on any atom is -0.492 e. The number of nitrogens with zero attached hydrogens (tertiary/aromatic N) is 2. The Morgan fingerprint density at radius 2 is 1.71 bits per heavy atom. The van der Waals surface area contributed by atoms with Crippen LogP contribution in [0.2, 0.25) is 0 Å². The molecule has 28 heavy (non-hydrogen) atoms. The van der Waals surface area contributed by atoms with Crippen molar-refractivity contribution in [3.63, 3.8) is 0 Å². The van der Waals surface area contributed by atoms with E-state index in [2.05, 4.69) is 46.6 Å². The number of para-hydroxylation sites is 2. The molecule has 0 atom stereocenters. The highest BCUT2D eigenvalue weighted by molar-refractivity contribution is 6.04. The molecule has 144 valence electrons. The highest BCUT2D eigenvalue weighted by atomic mass is 16.5. The second-order valence-electron chi connectivity index (χ2n) is 6.58. The summed E-state index contributed by atoms with van der Waals surface area (Å²) in [6.45, 7) is 6.73. The summed E-state index contributed by atoms with van der Waals surface area (Å²) < 4.78 is 5.53. The lowest BCUT2D eigenvalue weighted by Crippen LogP contribution is -2.14. The van der Waals surface area contributed by atoms with Gasteiger partial charge in [0.2, 0.25) is 5.95 Å². The number of aromatic nitrogens is 2. The van der Waals surface area contributed by atoms with E-state index in [4.69, 9.17) is 4.74 Å². The zero-order valence-electron chi connectivity index (χ0n) is 16.3. The summed E-state index contributed by atoms with van der Waals surface area (Å²) in [6.07, 6.45) is 2.99. The number of hydrogen-bond acceptors (Lipinski definition) is 5. The van der Waals surface area contributed by atoms with Crippen LogP contribution in [0.15, 0.2) is 60.9 Å². The van der Waals surface area contributed by atoms with Gasteiger partial charge < -0.3 is 15.4 Å². The number of hydrogen-bond donors (Lipinski definition) is 2. The van der Waals surface area contributed by atoms with Crippen molar-refractivity contribution in [1.29, 1.82) is 0 Å². The highest BCUT2D eigenvalue weighted by Gasteiger charge is 2.11. The molecule has 0 bridgehead atoms. The van der Waals surface area contributed by atoms with Gasteiger partial charge in [0.05, 0.1) is 17.9 Å². The van der Waals surface area contributed by atoms with E-state index in [9.17, 15) is 4.79 Å². The Morgan fingerprint density at radius 1 is 1.04 bits per heavy atom. The third-order valence-corrected chi connectivity index (χ3v) is 4.18. The minimum absolute atomic E-state index is 0.292. The molecular weight excluding hydrogens is 352 g/mol. The maximum atomic E-state index is 12.5. The third kappa shape index (κ3) is 4.85. The van der Waals surface area contributed by atoms with Crippen LogP contribution in [0, 0.1) is 0 Å². The van der Waals surface area contributed by atoms with Gasteiger partial charge in [-0.05, 0) is 42.7 Å². The number of rotatable bonds is 7. The number of carbonyl (C=O) groups is 1. The quantitative estimate of drug-likeness (QED) is 0.607. The largest absolute Gasteiger partial charge is 0.492 e. The topological polar surface area (TPSA) is 76.1 Å². The van der Waals surface area contributed by atoms with Gasteiger partial charge in [-0.25, -0.2) is 9.97 Å². The van der Waals surface area contributed by atoms with Crippen molar-refractivity contribution < 1.29 is 9.53 Å². The molecule has 0 aliphatic heterocycles. The second kappa shape index (κ2) is 8.99. The van der Waals surface area contributed by atoms with E-state index < -0.39 is 0 Å². The molecule has 3 rings (SSSR count). The van der Waals surface area contributed by atoms with Crippen LogP contribution in [-0.4, -0.2) is 22.5 Å². The Bertz CT molecular complexity index is 922. The SMILES string of the molecule is CCOc1ccccc1NC(=O)c1cnc(Nc2ccc(C(C)C)cc2)nc1. The highest BCUT2D eigenvalue weighted by Crippen LogP contribution is 2.24. The number of anilines is 3. The summed E-state index contributed by atoms with van der Waals surface area (Å²) in [5.74, 6) is 1.25. The normalized spacial score (nSPS) is 10.6. The summed E-state index contributed by atoms with van der Waals surface area (Å²) in [7, 11) is 0. The first-order chi connectivity index (χ1) is 13.6. The van der Waals surface area contributed by atoms with Crippen LogP contribution in [0.4, 0.5) is 17.3 Å². The molecule has 0 saturated heterocycles. The van der Waals surface area contributed by atoms with Crippen LogP contribution in [0.25, 0.3) is 0 Å². The molecule has 0 aliphatic carbocycles. The molecule has 0 saturated carbocycles. The average Bonchev–Trinajstić information content (AvgIpc) is 2.70. The van der Waals surface area contributed by atoms with Gasteiger partial charge in [-0.3, -0.25) is 4.79 Å². The molecule has 0 radical (unpaired) electrons. The molecule has 1 amide bonds. The summed E-state index contributed by atoms with van der Waals surface area (Å²) in [5, 5.41) is 5.97. The summed E-state index contributed by atoms with van der Waals surface area (Å²) in [5.41, 5.74) is 3.15. The van der Waals surface area contributed by atoms with Crippen LogP contribution in [0.3, 0.4) is 0 Å². The molecule has 2 aromatic carbocycles. The molecule has 0 spiro atoms. The molecule has 0 aliphatic rings. The van der Waals surface area contributed by atoms with Gasteiger partial charge in [-0.15, -0.1) is 0 Å². The Labute approximate surface area is 165 Å². The maximum absolute atomic E-state index is 12.5. The van der Waals surface area contributed by atoms with Gasteiger partial charge in [0.15, 0.2) is 0 Å². The van der Waals surface area contributed by atoms with Crippen LogP contribution >= 0.6 is 0 Å². The molecule has 6 nitrogen and oxygen atoms in total. The zero-order chi connectivity index (χ0) is 19.9.